The van der Waals surface area contributed by atoms with E-state index in [1.165, 1.54) is 0 Å². The molecule has 0 bridgehead atoms. The molecule has 0 saturated carbocycles. The minimum Gasteiger partial charge on any atom is -0.459 e. The highest BCUT2D eigenvalue weighted by Gasteiger charge is 2.26. The van der Waals surface area contributed by atoms with Crippen LogP contribution in [0, 0.1) is 5.53 Å². The molecular formula is C30H57N7O7. The van der Waals surface area contributed by atoms with Crippen LogP contribution >= 0.6 is 0 Å². The maximum absolute atomic E-state index is 12.8. The summed E-state index contributed by atoms with van der Waals surface area (Å²) < 4.78 is 16.7. The summed E-state index contributed by atoms with van der Waals surface area (Å²) in [6.07, 6.45) is 0. The molecule has 0 atom stereocenters. The Morgan fingerprint density at radius 3 is 1.09 bits per heavy atom. The molecule has 1 aliphatic heterocycles. The number of rotatable bonds is 11. The van der Waals surface area contributed by atoms with Gasteiger partial charge in [-0.1, -0.05) is 0 Å². The fraction of sp³-hybridized carbons (Fsp3) is 0.867. The first-order valence-electron chi connectivity index (χ1n) is 15.4. The predicted octanol–water partition coefficient (Wildman–Crippen LogP) is 1.38. The van der Waals surface area contributed by atoms with E-state index in [1.54, 1.807) is 0 Å². The molecule has 1 rings (SSSR count). The average molecular weight is 628 g/mol. The summed E-state index contributed by atoms with van der Waals surface area (Å²) in [6, 6.07) is 0. The van der Waals surface area contributed by atoms with Crippen molar-refractivity contribution in [3.63, 3.8) is 0 Å². The van der Waals surface area contributed by atoms with Gasteiger partial charge in [0, 0.05) is 58.9 Å². The zero-order chi connectivity index (χ0) is 33.6. The number of esters is 3. The zero-order valence-corrected chi connectivity index (χ0v) is 28.5. The van der Waals surface area contributed by atoms with Crippen LogP contribution in [0.25, 0.3) is 0 Å². The molecule has 14 nitrogen and oxygen atoms in total. The van der Waals surface area contributed by atoms with Crippen molar-refractivity contribution < 1.29 is 33.4 Å². The second-order valence-electron chi connectivity index (χ2n) is 14.1. The van der Waals surface area contributed by atoms with Gasteiger partial charge in [0.25, 0.3) is 0 Å². The van der Waals surface area contributed by atoms with Gasteiger partial charge in [0.05, 0.1) is 32.7 Å². The van der Waals surface area contributed by atoms with Gasteiger partial charge in [0.15, 0.2) is 0 Å². The van der Waals surface area contributed by atoms with E-state index in [4.69, 9.17) is 19.7 Å². The molecule has 0 unspecified atom stereocenters. The Bertz CT molecular complexity index is 895. The predicted molar refractivity (Wildman–Crippen MR) is 166 cm³/mol. The van der Waals surface area contributed by atoms with Crippen molar-refractivity contribution in [1.82, 2.24) is 24.9 Å². The molecule has 254 valence electrons. The molecule has 14 heteroatoms. The minimum absolute atomic E-state index is 0.0629. The molecule has 1 saturated heterocycles. The largest absolute Gasteiger partial charge is 0.459 e. The van der Waals surface area contributed by atoms with E-state index in [-0.39, 0.29) is 63.1 Å². The molecule has 1 heterocycles. The number of nitrogens with zero attached hydrogens (tertiary/aromatic N) is 5. The fourth-order valence-electron chi connectivity index (χ4n) is 4.39. The number of ether oxygens (including phenoxy) is 3. The third-order valence-corrected chi connectivity index (χ3v) is 6.16. The van der Waals surface area contributed by atoms with Gasteiger partial charge < -0.3 is 19.5 Å². The van der Waals surface area contributed by atoms with Crippen molar-refractivity contribution in [3.05, 3.63) is 0 Å². The van der Waals surface area contributed by atoms with E-state index in [2.05, 4.69) is 10.4 Å². The molecule has 1 aliphatic rings. The first-order chi connectivity index (χ1) is 20.2. The molecule has 0 aromatic rings. The molecule has 44 heavy (non-hydrogen) atoms. The van der Waals surface area contributed by atoms with Gasteiger partial charge in [-0.25, -0.2) is 5.53 Å². The molecule has 2 N–H and O–H groups in total. The van der Waals surface area contributed by atoms with Crippen molar-refractivity contribution in [1.29, 1.82) is 5.53 Å². The van der Waals surface area contributed by atoms with Crippen LogP contribution in [0.5, 0.6) is 0 Å². The second kappa shape index (κ2) is 18.3. The normalized spacial score (nSPS) is 17.6. The van der Waals surface area contributed by atoms with Crippen molar-refractivity contribution in [2.45, 2.75) is 79.1 Å². The molecule has 0 radical (unpaired) electrons. The molecule has 0 aromatic carbocycles. The average Bonchev–Trinajstić information content (AvgIpc) is 2.82. The number of carbonyl (C=O) groups is 4. The van der Waals surface area contributed by atoms with E-state index in [0.717, 1.165) is 0 Å². The minimum atomic E-state index is -0.626. The van der Waals surface area contributed by atoms with Crippen LogP contribution in [-0.4, -0.2) is 152 Å². The topological polar surface area (TPSA) is 157 Å². The zero-order valence-electron chi connectivity index (χ0n) is 28.5. The standard InChI is InChI=1S/C30H57N7O7/c1-28(2,3)42-25(39)21-35-14-12-34(20-24(38)32-10-11-33-31)13-15-36(22-26(40)43-29(4,5)6)17-19-37(18-16-35)23-27(41)44-30(7,8)9/h31H,10-23H2,1-9H3,(H,32,38). The first kappa shape index (κ1) is 39.3. The number of hydrogen-bond donors (Lipinski definition) is 2. The number of nitrogens with one attached hydrogen (secondary N) is 2. The lowest BCUT2D eigenvalue weighted by atomic mass is 10.2. The monoisotopic (exact) mass is 627 g/mol. The van der Waals surface area contributed by atoms with E-state index < -0.39 is 16.8 Å². The highest BCUT2D eigenvalue weighted by Crippen LogP contribution is 2.11. The van der Waals surface area contributed by atoms with Crippen LogP contribution in [0.15, 0.2) is 5.11 Å². The Balaban J connectivity index is 3.19. The molecule has 0 spiro atoms. The van der Waals surface area contributed by atoms with Gasteiger partial charge in [-0.05, 0) is 62.3 Å². The van der Waals surface area contributed by atoms with Crippen LogP contribution < -0.4 is 5.32 Å². The Kier molecular flexibility index (Phi) is 16.4. The highest BCUT2D eigenvalue weighted by molar-refractivity contribution is 5.78. The van der Waals surface area contributed by atoms with Gasteiger partial charge in [-0.15, -0.1) is 0 Å². The summed E-state index contributed by atoms with van der Waals surface area (Å²) >= 11 is 0. The lowest BCUT2D eigenvalue weighted by Crippen LogP contribution is -2.50. The third-order valence-electron chi connectivity index (χ3n) is 6.16. The summed E-state index contributed by atoms with van der Waals surface area (Å²) in [7, 11) is 0. The molecule has 0 aliphatic carbocycles. The van der Waals surface area contributed by atoms with Gasteiger partial charge in [0.2, 0.25) is 5.91 Å². The van der Waals surface area contributed by atoms with Crippen LogP contribution in [0.1, 0.15) is 62.3 Å². The quantitative estimate of drug-likeness (QED) is 0.148. The summed E-state index contributed by atoms with van der Waals surface area (Å²) in [5.74, 6) is -1.25. The summed E-state index contributed by atoms with van der Waals surface area (Å²) in [4.78, 5) is 58.9. The molecule has 0 aromatic heterocycles. The maximum Gasteiger partial charge on any atom is 0.320 e. The Hall–Kier alpha value is -2.68. The van der Waals surface area contributed by atoms with Crippen molar-refractivity contribution in [3.8, 4) is 0 Å². The van der Waals surface area contributed by atoms with E-state index in [9.17, 15) is 19.2 Å². The fourth-order valence-corrected chi connectivity index (χ4v) is 4.39. The summed E-state index contributed by atoms with van der Waals surface area (Å²) in [5, 5.41) is 6.05. The second-order valence-corrected chi connectivity index (χ2v) is 14.1. The number of hydrogen-bond acceptors (Lipinski definition) is 13. The third kappa shape index (κ3) is 20.3. The number of amides is 1. The molecule has 1 amide bonds. The maximum atomic E-state index is 12.8. The number of carbonyl (C=O) groups excluding carboxylic acids is 4. The van der Waals surface area contributed by atoms with E-state index in [0.29, 0.717) is 52.4 Å². The first-order valence-corrected chi connectivity index (χ1v) is 15.4. The lowest BCUT2D eigenvalue weighted by Gasteiger charge is -2.34. The smallest absolute Gasteiger partial charge is 0.320 e. The van der Waals surface area contributed by atoms with Crippen molar-refractivity contribution in [2.75, 3.05) is 91.6 Å². The van der Waals surface area contributed by atoms with Gasteiger partial charge in [0.1, 0.15) is 16.8 Å². The molecular weight excluding hydrogens is 570 g/mol. The van der Waals surface area contributed by atoms with Gasteiger partial charge in [-0.3, -0.25) is 38.8 Å². The Morgan fingerprint density at radius 1 is 0.568 bits per heavy atom. The van der Waals surface area contributed by atoms with E-state index >= 15 is 0 Å². The van der Waals surface area contributed by atoms with Crippen LogP contribution in [0.3, 0.4) is 0 Å². The lowest BCUT2D eigenvalue weighted by molar-refractivity contribution is -0.158. The SMILES string of the molecule is CC(C)(C)OC(=O)CN1CCN(CC(=O)NCCN=N)CCN(CC(=O)OC(C)(C)C)CCN(CC(=O)OC(C)(C)C)CC1. The summed E-state index contributed by atoms with van der Waals surface area (Å²) in [5.41, 5.74) is 5.06. The van der Waals surface area contributed by atoms with E-state index in [1.807, 2.05) is 81.9 Å². The Morgan fingerprint density at radius 2 is 0.841 bits per heavy atom. The molecule has 1 fully saturated rings. The van der Waals surface area contributed by atoms with Gasteiger partial charge in [-0.2, -0.15) is 5.11 Å². The van der Waals surface area contributed by atoms with Crippen LogP contribution in [0.2, 0.25) is 0 Å². The summed E-state index contributed by atoms with van der Waals surface area (Å²) in [6.45, 7) is 21.0. The van der Waals surface area contributed by atoms with Crippen molar-refractivity contribution >= 4 is 23.8 Å². The Labute approximate surface area is 263 Å². The van der Waals surface area contributed by atoms with Crippen LogP contribution in [0.4, 0.5) is 0 Å². The highest BCUT2D eigenvalue weighted by atomic mass is 16.6. The van der Waals surface area contributed by atoms with Gasteiger partial charge >= 0.3 is 17.9 Å². The van der Waals surface area contributed by atoms with Crippen molar-refractivity contribution in [2.24, 2.45) is 5.11 Å². The van der Waals surface area contributed by atoms with Crippen LogP contribution in [-0.2, 0) is 33.4 Å².